The van der Waals surface area contributed by atoms with Gasteiger partial charge in [-0.2, -0.15) is 0 Å². The first kappa shape index (κ1) is 29.4. The normalized spacial score (nSPS) is 11.4. The van der Waals surface area contributed by atoms with Crippen LogP contribution in [0, 0.1) is 0 Å². The molecule has 0 aliphatic carbocycles. The predicted molar refractivity (Wildman–Crippen MR) is 125 cm³/mol. The van der Waals surface area contributed by atoms with E-state index in [1.165, 1.54) is 70.6 Å². The average Bonchev–Trinajstić information content (AvgIpc) is 2.66. The fourth-order valence-corrected chi connectivity index (χ4v) is 3.14. The predicted octanol–water partition coefficient (Wildman–Crippen LogP) is 7.33. The molecule has 0 bridgehead atoms. The zero-order valence-electron chi connectivity index (χ0n) is 19.8. The lowest BCUT2D eigenvalue weighted by molar-refractivity contribution is -0.122. The van der Waals surface area contributed by atoms with Crippen molar-refractivity contribution < 1.29 is 9.90 Å². The van der Waals surface area contributed by atoms with Crippen molar-refractivity contribution in [3.8, 4) is 0 Å². The second-order valence-electron chi connectivity index (χ2n) is 8.24. The first-order chi connectivity index (χ1) is 13.5. The Labute approximate surface area is 176 Å². The Kier molecular flexibility index (Phi) is 23.6. The molecular weight excluding hydrogens is 346 g/mol. The molecule has 0 aromatic carbocycles. The lowest BCUT2D eigenvalue weighted by atomic mass is 10.0. The van der Waals surface area contributed by atoms with E-state index in [2.05, 4.69) is 24.4 Å². The molecular formula is C25H51NO2. The van der Waals surface area contributed by atoms with E-state index in [4.69, 9.17) is 5.11 Å². The third kappa shape index (κ3) is 23.2. The molecule has 0 saturated heterocycles. The highest BCUT2D eigenvalue weighted by molar-refractivity contribution is 5.76. The van der Waals surface area contributed by atoms with Crippen molar-refractivity contribution in [3.05, 3.63) is 12.2 Å². The number of amides is 1. The molecule has 0 aliphatic rings. The first-order valence-electron chi connectivity index (χ1n) is 12.1. The number of hydrogen-bond acceptors (Lipinski definition) is 2. The fraction of sp³-hybridized carbons (Fsp3) is 0.880. The maximum absolute atomic E-state index is 11.9. The van der Waals surface area contributed by atoms with E-state index in [9.17, 15) is 4.79 Å². The van der Waals surface area contributed by atoms with Crippen LogP contribution in [0.5, 0.6) is 0 Å². The smallest absolute Gasteiger partial charge is 0.220 e. The van der Waals surface area contributed by atoms with Crippen molar-refractivity contribution in [3.63, 3.8) is 0 Å². The molecule has 0 unspecified atom stereocenters. The molecule has 0 spiro atoms. The summed E-state index contributed by atoms with van der Waals surface area (Å²) in [6, 6.07) is 0. The van der Waals surface area contributed by atoms with Gasteiger partial charge in [-0.25, -0.2) is 0 Å². The van der Waals surface area contributed by atoms with Gasteiger partial charge in [-0.3, -0.25) is 4.79 Å². The molecule has 0 aliphatic heterocycles. The Morgan fingerprint density at radius 2 is 1.29 bits per heavy atom. The number of aliphatic hydroxyl groups excluding tert-OH is 1. The van der Waals surface area contributed by atoms with Gasteiger partial charge in [0.25, 0.3) is 0 Å². The molecule has 0 aromatic heterocycles. The van der Waals surface area contributed by atoms with Crippen molar-refractivity contribution in [1.29, 1.82) is 0 Å². The second-order valence-corrected chi connectivity index (χ2v) is 8.24. The van der Waals surface area contributed by atoms with Crippen LogP contribution in [0.15, 0.2) is 12.2 Å². The topological polar surface area (TPSA) is 49.3 Å². The summed E-state index contributed by atoms with van der Waals surface area (Å²) in [5.74, 6) is 0.112. The largest absolute Gasteiger partial charge is 0.396 e. The Morgan fingerprint density at radius 3 is 1.79 bits per heavy atom. The molecule has 0 fully saturated rings. The molecule has 1 amide bonds. The highest BCUT2D eigenvalue weighted by atomic mass is 16.3. The molecule has 3 nitrogen and oxygen atoms in total. The van der Waals surface area contributed by atoms with E-state index < -0.39 is 0 Å². The Hall–Kier alpha value is -0.830. The molecule has 0 atom stereocenters. The Bertz CT molecular complexity index is 350. The number of unbranched alkanes of at least 4 members (excludes halogenated alkanes) is 11. The fourth-order valence-electron chi connectivity index (χ4n) is 3.14. The van der Waals surface area contributed by atoms with Crippen LogP contribution >= 0.6 is 0 Å². The molecule has 168 valence electrons. The number of rotatable bonds is 18. The standard InChI is InChI=1S/C23H45NO2.C2H6/c1-4-5-6-7-8-9-10-11-12-13-14-15-16-17-18-19-22(26)24-23(2,3)20-21-25;1-2/h11-12,25H,4-10,13-21H2,1-3H3,(H,24,26);1-2H3/b12-11-;. The van der Waals surface area contributed by atoms with Crippen LogP contribution in [-0.2, 0) is 4.79 Å². The maximum Gasteiger partial charge on any atom is 0.220 e. The third-order valence-corrected chi connectivity index (χ3v) is 4.88. The van der Waals surface area contributed by atoms with Crippen LogP contribution in [0.4, 0.5) is 0 Å². The summed E-state index contributed by atoms with van der Waals surface area (Å²) in [6.07, 6.45) is 22.5. The Morgan fingerprint density at radius 1 is 0.821 bits per heavy atom. The van der Waals surface area contributed by atoms with Crippen LogP contribution in [0.3, 0.4) is 0 Å². The van der Waals surface area contributed by atoms with E-state index >= 15 is 0 Å². The minimum Gasteiger partial charge on any atom is -0.396 e. The number of aliphatic hydroxyl groups is 1. The van der Waals surface area contributed by atoms with E-state index in [0.717, 1.165) is 12.8 Å². The summed E-state index contributed by atoms with van der Waals surface area (Å²) in [5.41, 5.74) is -0.298. The van der Waals surface area contributed by atoms with Crippen LogP contribution < -0.4 is 5.32 Å². The molecule has 0 heterocycles. The number of hydrogen-bond donors (Lipinski definition) is 2. The summed E-state index contributed by atoms with van der Waals surface area (Å²) < 4.78 is 0. The van der Waals surface area contributed by atoms with Gasteiger partial charge < -0.3 is 10.4 Å². The van der Waals surface area contributed by atoms with Gasteiger partial charge in [-0.15, -0.1) is 0 Å². The summed E-state index contributed by atoms with van der Waals surface area (Å²) >= 11 is 0. The van der Waals surface area contributed by atoms with E-state index in [1.807, 2.05) is 27.7 Å². The van der Waals surface area contributed by atoms with Gasteiger partial charge in [-0.05, 0) is 52.4 Å². The van der Waals surface area contributed by atoms with Crippen molar-refractivity contribution >= 4 is 5.91 Å². The van der Waals surface area contributed by atoms with Crippen molar-refractivity contribution in [2.24, 2.45) is 0 Å². The molecule has 0 aromatic rings. The highest BCUT2D eigenvalue weighted by Gasteiger charge is 2.18. The number of nitrogens with one attached hydrogen (secondary N) is 1. The SMILES string of the molecule is CC.CCCCCCCC/C=C\CCCCCCCC(=O)NC(C)(C)CCO. The zero-order valence-corrected chi connectivity index (χ0v) is 19.8. The molecule has 28 heavy (non-hydrogen) atoms. The minimum atomic E-state index is -0.298. The number of carbonyl (C=O) groups is 1. The molecule has 0 radical (unpaired) electrons. The van der Waals surface area contributed by atoms with Gasteiger partial charge in [-0.1, -0.05) is 84.3 Å². The summed E-state index contributed by atoms with van der Waals surface area (Å²) in [6.45, 7) is 10.3. The monoisotopic (exact) mass is 397 g/mol. The van der Waals surface area contributed by atoms with Gasteiger partial charge in [0.1, 0.15) is 0 Å². The van der Waals surface area contributed by atoms with E-state index in [1.54, 1.807) is 0 Å². The van der Waals surface area contributed by atoms with Gasteiger partial charge in [0.15, 0.2) is 0 Å². The van der Waals surface area contributed by atoms with Crippen LogP contribution in [-0.4, -0.2) is 23.2 Å². The minimum absolute atomic E-state index is 0.112. The van der Waals surface area contributed by atoms with Gasteiger partial charge >= 0.3 is 0 Å². The lowest BCUT2D eigenvalue weighted by Crippen LogP contribution is -2.43. The second kappa shape index (κ2) is 22.5. The average molecular weight is 398 g/mol. The van der Waals surface area contributed by atoms with Crippen molar-refractivity contribution in [2.45, 2.75) is 136 Å². The zero-order chi connectivity index (χ0) is 21.5. The lowest BCUT2D eigenvalue weighted by Gasteiger charge is -2.25. The van der Waals surface area contributed by atoms with Crippen molar-refractivity contribution in [1.82, 2.24) is 5.32 Å². The highest BCUT2D eigenvalue weighted by Crippen LogP contribution is 2.11. The van der Waals surface area contributed by atoms with Gasteiger partial charge in [0.2, 0.25) is 5.91 Å². The van der Waals surface area contributed by atoms with Crippen LogP contribution in [0.1, 0.15) is 131 Å². The summed E-state index contributed by atoms with van der Waals surface area (Å²) in [5, 5.41) is 12.0. The van der Waals surface area contributed by atoms with E-state index in [0.29, 0.717) is 12.8 Å². The first-order valence-corrected chi connectivity index (χ1v) is 12.1. The van der Waals surface area contributed by atoms with Crippen LogP contribution in [0.2, 0.25) is 0 Å². The summed E-state index contributed by atoms with van der Waals surface area (Å²) in [4.78, 5) is 11.9. The van der Waals surface area contributed by atoms with Gasteiger partial charge in [0.05, 0.1) is 0 Å². The molecule has 0 saturated carbocycles. The number of carbonyl (C=O) groups excluding carboxylic acids is 1. The van der Waals surface area contributed by atoms with Crippen molar-refractivity contribution in [2.75, 3.05) is 6.61 Å². The molecule has 0 rings (SSSR count). The quantitative estimate of drug-likeness (QED) is 0.188. The van der Waals surface area contributed by atoms with Gasteiger partial charge in [0, 0.05) is 18.6 Å². The van der Waals surface area contributed by atoms with E-state index in [-0.39, 0.29) is 18.1 Å². The molecule has 2 N–H and O–H groups in total. The summed E-state index contributed by atoms with van der Waals surface area (Å²) in [7, 11) is 0. The molecule has 3 heteroatoms. The third-order valence-electron chi connectivity index (χ3n) is 4.88. The van der Waals surface area contributed by atoms with Crippen LogP contribution in [0.25, 0.3) is 0 Å². The maximum atomic E-state index is 11.9. The Balaban J connectivity index is 0. The number of allylic oxidation sites excluding steroid dienone is 2.